The van der Waals surface area contributed by atoms with Crippen LogP contribution in [0.1, 0.15) is 42.6 Å². The van der Waals surface area contributed by atoms with Gasteiger partial charge in [-0.1, -0.05) is 0 Å². The highest BCUT2D eigenvalue weighted by Crippen LogP contribution is 2.26. The zero-order valence-electron chi connectivity index (χ0n) is 11.8. The van der Waals surface area contributed by atoms with Crippen molar-refractivity contribution in [2.45, 2.75) is 52.0 Å². The average Bonchev–Trinajstić information content (AvgIpc) is 2.63. The number of aryl methyl sites for hydroxylation is 2. The molecule has 1 aromatic rings. The molecule has 0 unspecified atom stereocenters. The molecule has 0 saturated heterocycles. The minimum atomic E-state index is 0.139. The molecule has 1 saturated carbocycles. The van der Waals surface area contributed by atoms with Crippen LogP contribution < -0.4 is 0 Å². The van der Waals surface area contributed by atoms with Crippen LogP contribution in [0.4, 0.5) is 0 Å². The summed E-state index contributed by atoms with van der Waals surface area (Å²) in [7, 11) is 0. The van der Waals surface area contributed by atoms with E-state index in [9.17, 15) is 4.79 Å². The van der Waals surface area contributed by atoms with Crippen molar-refractivity contribution in [1.82, 2.24) is 15.1 Å². The third-order valence-corrected chi connectivity index (χ3v) is 4.00. The maximum absolute atomic E-state index is 12.5. The number of H-pyrrole nitrogens is 1. The molecule has 0 bridgehead atoms. The Labute approximate surface area is 114 Å². The highest BCUT2D eigenvalue weighted by Gasteiger charge is 2.28. The topological polar surface area (TPSA) is 69.2 Å². The van der Waals surface area contributed by atoms with Gasteiger partial charge in [-0.25, -0.2) is 0 Å². The molecular formula is C14H23N3O2. The average molecular weight is 265 g/mol. The normalized spacial score (nSPS) is 15.3. The molecule has 0 aromatic carbocycles. The lowest BCUT2D eigenvalue weighted by molar-refractivity contribution is -0.134. The van der Waals surface area contributed by atoms with Gasteiger partial charge in [0.15, 0.2) is 0 Å². The largest absolute Gasteiger partial charge is 0.396 e. The van der Waals surface area contributed by atoms with Gasteiger partial charge in [-0.15, -0.1) is 0 Å². The van der Waals surface area contributed by atoms with Gasteiger partial charge >= 0.3 is 0 Å². The minimum absolute atomic E-state index is 0.139. The van der Waals surface area contributed by atoms with Gasteiger partial charge < -0.3 is 10.0 Å². The standard InChI is InChI=1S/C14H23N3O2/c1-10-13(11(2)16-15-10)9-14(19)17(7-4-8-18)12-5-3-6-12/h12,18H,3-9H2,1-2H3,(H,15,16). The monoisotopic (exact) mass is 265 g/mol. The number of nitrogens with zero attached hydrogens (tertiary/aromatic N) is 2. The van der Waals surface area contributed by atoms with Crippen LogP contribution in [0.2, 0.25) is 0 Å². The van der Waals surface area contributed by atoms with E-state index in [1.807, 2.05) is 18.7 Å². The van der Waals surface area contributed by atoms with Gasteiger partial charge in [0.1, 0.15) is 0 Å². The molecule has 1 fully saturated rings. The fourth-order valence-electron chi connectivity index (χ4n) is 2.54. The van der Waals surface area contributed by atoms with Gasteiger partial charge in [0.2, 0.25) is 5.91 Å². The van der Waals surface area contributed by atoms with Crippen molar-refractivity contribution in [2.75, 3.05) is 13.2 Å². The first-order valence-corrected chi connectivity index (χ1v) is 7.04. The Morgan fingerprint density at radius 1 is 1.47 bits per heavy atom. The highest BCUT2D eigenvalue weighted by atomic mass is 16.3. The van der Waals surface area contributed by atoms with E-state index in [0.717, 1.165) is 29.8 Å². The molecule has 106 valence electrons. The molecule has 2 rings (SSSR count). The van der Waals surface area contributed by atoms with E-state index in [1.165, 1.54) is 6.42 Å². The highest BCUT2D eigenvalue weighted by molar-refractivity contribution is 5.79. The van der Waals surface area contributed by atoms with Crippen molar-refractivity contribution < 1.29 is 9.90 Å². The number of amides is 1. The first kappa shape index (κ1) is 14.1. The van der Waals surface area contributed by atoms with Crippen LogP contribution in [0, 0.1) is 13.8 Å². The Bertz CT molecular complexity index is 418. The van der Waals surface area contributed by atoms with Crippen molar-refractivity contribution in [1.29, 1.82) is 0 Å². The van der Waals surface area contributed by atoms with Crippen molar-refractivity contribution in [3.05, 3.63) is 17.0 Å². The van der Waals surface area contributed by atoms with Gasteiger partial charge in [0, 0.05) is 30.5 Å². The Morgan fingerprint density at radius 2 is 2.21 bits per heavy atom. The second-order valence-electron chi connectivity index (χ2n) is 5.34. The molecule has 1 amide bonds. The molecule has 0 radical (unpaired) electrons. The first-order chi connectivity index (χ1) is 9.13. The smallest absolute Gasteiger partial charge is 0.227 e. The Morgan fingerprint density at radius 3 is 2.68 bits per heavy atom. The number of hydrogen-bond acceptors (Lipinski definition) is 3. The third-order valence-electron chi connectivity index (χ3n) is 4.00. The molecular weight excluding hydrogens is 242 g/mol. The van der Waals surface area contributed by atoms with Gasteiger partial charge in [-0.05, 0) is 39.5 Å². The molecule has 5 nitrogen and oxygen atoms in total. The van der Waals surface area contributed by atoms with Crippen molar-refractivity contribution >= 4 is 5.91 Å². The molecule has 0 aliphatic heterocycles. The summed E-state index contributed by atoms with van der Waals surface area (Å²) in [6.45, 7) is 4.67. The maximum Gasteiger partial charge on any atom is 0.227 e. The number of hydrogen-bond donors (Lipinski definition) is 2. The predicted molar refractivity (Wildman–Crippen MR) is 72.8 cm³/mol. The van der Waals surface area contributed by atoms with E-state index < -0.39 is 0 Å². The lowest BCUT2D eigenvalue weighted by Crippen LogP contribution is -2.45. The molecule has 2 N–H and O–H groups in total. The van der Waals surface area contributed by atoms with Gasteiger partial charge in [-0.3, -0.25) is 9.89 Å². The summed E-state index contributed by atoms with van der Waals surface area (Å²) < 4.78 is 0. The van der Waals surface area contributed by atoms with Crippen molar-refractivity contribution in [3.63, 3.8) is 0 Å². The summed E-state index contributed by atoms with van der Waals surface area (Å²) in [6.07, 6.45) is 4.47. The molecule has 0 spiro atoms. The Hall–Kier alpha value is -1.36. The van der Waals surface area contributed by atoms with Crippen LogP contribution in [0.15, 0.2) is 0 Å². The molecule has 1 aliphatic carbocycles. The van der Waals surface area contributed by atoms with Crippen molar-refractivity contribution in [2.24, 2.45) is 0 Å². The lowest BCUT2D eigenvalue weighted by Gasteiger charge is -2.37. The number of rotatable bonds is 6. The number of aliphatic hydroxyl groups is 1. The number of aromatic amines is 1. The fourth-order valence-corrected chi connectivity index (χ4v) is 2.54. The minimum Gasteiger partial charge on any atom is -0.396 e. The molecule has 1 aromatic heterocycles. The first-order valence-electron chi connectivity index (χ1n) is 7.04. The summed E-state index contributed by atoms with van der Waals surface area (Å²) in [6, 6.07) is 0.381. The van der Waals surface area contributed by atoms with Gasteiger partial charge in [0.25, 0.3) is 0 Å². The number of carbonyl (C=O) groups is 1. The number of carbonyl (C=O) groups excluding carboxylic acids is 1. The van der Waals surface area contributed by atoms with Crippen molar-refractivity contribution in [3.8, 4) is 0 Å². The van der Waals surface area contributed by atoms with Crippen LogP contribution in [-0.4, -0.2) is 45.3 Å². The zero-order chi connectivity index (χ0) is 13.8. The van der Waals surface area contributed by atoms with Crippen LogP contribution in [0.5, 0.6) is 0 Å². The summed E-state index contributed by atoms with van der Waals surface area (Å²) in [4.78, 5) is 14.4. The predicted octanol–water partition coefficient (Wildman–Crippen LogP) is 1.33. The molecule has 1 aliphatic rings. The molecule has 5 heteroatoms. The van der Waals surface area contributed by atoms with Gasteiger partial charge in [0.05, 0.1) is 12.1 Å². The van der Waals surface area contributed by atoms with E-state index >= 15 is 0 Å². The summed E-state index contributed by atoms with van der Waals surface area (Å²) in [5.74, 6) is 0.158. The van der Waals surface area contributed by atoms with Gasteiger partial charge in [-0.2, -0.15) is 5.10 Å². The number of nitrogens with one attached hydrogen (secondary N) is 1. The van der Waals surface area contributed by atoms with Crippen LogP contribution in [-0.2, 0) is 11.2 Å². The Kier molecular flexibility index (Phi) is 4.58. The van der Waals surface area contributed by atoms with Crippen LogP contribution >= 0.6 is 0 Å². The van der Waals surface area contributed by atoms with E-state index in [4.69, 9.17) is 5.11 Å². The van der Waals surface area contributed by atoms with E-state index in [0.29, 0.717) is 25.4 Å². The lowest BCUT2D eigenvalue weighted by atomic mass is 9.90. The summed E-state index contributed by atoms with van der Waals surface area (Å²) in [5, 5.41) is 16.0. The maximum atomic E-state index is 12.5. The van der Waals surface area contributed by atoms with E-state index in [-0.39, 0.29) is 12.5 Å². The van der Waals surface area contributed by atoms with Crippen LogP contribution in [0.25, 0.3) is 0 Å². The summed E-state index contributed by atoms with van der Waals surface area (Å²) in [5.41, 5.74) is 2.89. The SMILES string of the molecule is Cc1n[nH]c(C)c1CC(=O)N(CCCO)C1CCC1. The second kappa shape index (κ2) is 6.19. The third kappa shape index (κ3) is 3.15. The zero-order valence-corrected chi connectivity index (χ0v) is 11.8. The number of aliphatic hydroxyl groups excluding tert-OH is 1. The fraction of sp³-hybridized carbons (Fsp3) is 0.714. The summed E-state index contributed by atoms with van der Waals surface area (Å²) >= 11 is 0. The molecule has 1 heterocycles. The van der Waals surface area contributed by atoms with E-state index in [2.05, 4.69) is 10.2 Å². The molecule has 19 heavy (non-hydrogen) atoms. The second-order valence-corrected chi connectivity index (χ2v) is 5.34. The quantitative estimate of drug-likeness (QED) is 0.815. The van der Waals surface area contributed by atoms with Crippen LogP contribution in [0.3, 0.4) is 0 Å². The molecule has 0 atom stereocenters. The Balaban J connectivity index is 2.02. The van der Waals surface area contributed by atoms with E-state index in [1.54, 1.807) is 0 Å². The number of aromatic nitrogens is 2.